The standard InChI is InChI=1S/C14H18ClN3O2S/c1-3-18-9-12(7-11(18)8-16)21(19,20)17-14-5-4-10(2)6-13(14)15/h4-7,9,17H,3,8,16H2,1-2H3. The van der Waals surface area contributed by atoms with Gasteiger partial charge in [-0.05, 0) is 37.6 Å². The number of benzene rings is 1. The fraction of sp³-hybridized carbons (Fsp3) is 0.286. The van der Waals surface area contributed by atoms with Crippen molar-refractivity contribution in [3.05, 3.63) is 46.7 Å². The molecule has 1 heterocycles. The highest BCUT2D eigenvalue weighted by Gasteiger charge is 2.19. The van der Waals surface area contributed by atoms with Gasteiger partial charge < -0.3 is 10.3 Å². The number of anilines is 1. The lowest BCUT2D eigenvalue weighted by Gasteiger charge is -2.08. The predicted molar refractivity (Wildman–Crippen MR) is 85.0 cm³/mol. The Kier molecular flexibility index (Phi) is 4.61. The molecule has 0 saturated heterocycles. The normalized spacial score (nSPS) is 11.6. The minimum atomic E-state index is -3.68. The van der Waals surface area contributed by atoms with E-state index in [9.17, 15) is 8.42 Å². The van der Waals surface area contributed by atoms with Gasteiger partial charge in [0, 0.05) is 25.0 Å². The Balaban J connectivity index is 2.36. The van der Waals surface area contributed by atoms with Gasteiger partial charge in [-0.1, -0.05) is 17.7 Å². The van der Waals surface area contributed by atoms with Gasteiger partial charge in [-0.25, -0.2) is 8.42 Å². The second-order valence-corrected chi connectivity index (χ2v) is 6.84. The lowest BCUT2D eigenvalue weighted by atomic mass is 10.2. The summed E-state index contributed by atoms with van der Waals surface area (Å²) in [6.07, 6.45) is 1.58. The van der Waals surface area contributed by atoms with Gasteiger partial charge in [0.1, 0.15) is 4.90 Å². The largest absolute Gasteiger partial charge is 0.349 e. The van der Waals surface area contributed by atoms with Crippen LogP contribution >= 0.6 is 11.6 Å². The third kappa shape index (κ3) is 3.40. The van der Waals surface area contributed by atoms with Crippen molar-refractivity contribution in [3.8, 4) is 0 Å². The number of sulfonamides is 1. The van der Waals surface area contributed by atoms with Gasteiger partial charge in [0.2, 0.25) is 0 Å². The molecule has 0 unspecified atom stereocenters. The topological polar surface area (TPSA) is 77.1 Å². The van der Waals surface area contributed by atoms with Crippen LogP contribution in [0.3, 0.4) is 0 Å². The molecule has 0 radical (unpaired) electrons. The Morgan fingerprint density at radius 2 is 2.05 bits per heavy atom. The van der Waals surface area contributed by atoms with Gasteiger partial charge in [0.15, 0.2) is 0 Å². The first-order valence-electron chi connectivity index (χ1n) is 6.55. The van der Waals surface area contributed by atoms with Gasteiger partial charge in [-0.15, -0.1) is 0 Å². The molecule has 0 amide bonds. The maximum atomic E-state index is 12.4. The zero-order valence-electron chi connectivity index (χ0n) is 11.9. The SMILES string of the molecule is CCn1cc(S(=O)(=O)Nc2ccc(C)cc2Cl)cc1CN. The molecule has 1 aromatic heterocycles. The maximum Gasteiger partial charge on any atom is 0.263 e. The van der Waals surface area contributed by atoms with Crippen LogP contribution in [-0.4, -0.2) is 13.0 Å². The minimum Gasteiger partial charge on any atom is -0.349 e. The third-order valence-electron chi connectivity index (χ3n) is 3.19. The molecule has 0 atom stereocenters. The van der Waals surface area contributed by atoms with Crippen LogP contribution in [0, 0.1) is 6.92 Å². The summed E-state index contributed by atoms with van der Waals surface area (Å²) in [4.78, 5) is 0.182. The molecule has 2 aromatic rings. The highest BCUT2D eigenvalue weighted by atomic mass is 35.5. The zero-order chi connectivity index (χ0) is 15.6. The smallest absolute Gasteiger partial charge is 0.263 e. The van der Waals surface area contributed by atoms with Crippen LogP contribution < -0.4 is 10.5 Å². The maximum absolute atomic E-state index is 12.4. The highest BCUT2D eigenvalue weighted by molar-refractivity contribution is 7.92. The molecule has 0 bridgehead atoms. The summed E-state index contributed by atoms with van der Waals surface area (Å²) in [7, 11) is -3.68. The number of rotatable bonds is 5. The fourth-order valence-electron chi connectivity index (χ4n) is 2.05. The van der Waals surface area contributed by atoms with Crippen molar-refractivity contribution >= 4 is 27.3 Å². The molecule has 2 rings (SSSR count). The van der Waals surface area contributed by atoms with Crippen molar-refractivity contribution in [1.29, 1.82) is 0 Å². The van der Waals surface area contributed by atoms with Crippen molar-refractivity contribution < 1.29 is 8.42 Å². The van der Waals surface area contributed by atoms with Gasteiger partial charge >= 0.3 is 0 Å². The Hall–Kier alpha value is -1.50. The van der Waals surface area contributed by atoms with E-state index in [1.807, 2.05) is 18.4 Å². The predicted octanol–water partition coefficient (Wildman–Crippen LogP) is 2.73. The van der Waals surface area contributed by atoms with E-state index < -0.39 is 10.0 Å². The Bertz CT molecular complexity index is 732. The van der Waals surface area contributed by atoms with E-state index in [2.05, 4.69) is 4.72 Å². The summed E-state index contributed by atoms with van der Waals surface area (Å²) in [6.45, 7) is 4.76. The number of nitrogens with zero attached hydrogens (tertiary/aromatic N) is 1. The van der Waals surface area contributed by atoms with E-state index in [1.165, 1.54) is 0 Å². The Morgan fingerprint density at radius 3 is 2.57 bits per heavy atom. The van der Waals surface area contributed by atoms with E-state index in [4.69, 9.17) is 17.3 Å². The van der Waals surface area contributed by atoms with E-state index in [0.29, 0.717) is 17.3 Å². The van der Waals surface area contributed by atoms with Crippen LogP contribution in [0.1, 0.15) is 18.2 Å². The fourth-order valence-corrected chi connectivity index (χ4v) is 3.53. The number of aromatic nitrogens is 1. The summed E-state index contributed by atoms with van der Waals surface area (Å²) >= 11 is 6.06. The number of nitrogens with one attached hydrogen (secondary N) is 1. The van der Waals surface area contributed by atoms with Gasteiger partial charge in [0.05, 0.1) is 10.7 Å². The summed E-state index contributed by atoms with van der Waals surface area (Å²) in [6, 6.07) is 6.73. The van der Waals surface area contributed by atoms with Gasteiger partial charge in [0.25, 0.3) is 10.0 Å². The lowest BCUT2D eigenvalue weighted by molar-refractivity contribution is 0.600. The molecule has 0 aliphatic carbocycles. The van der Waals surface area contributed by atoms with Crippen LogP contribution in [0.15, 0.2) is 35.4 Å². The molecule has 7 heteroatoms. The molecule has 0 saturated carbocycles. The van der Waals surface area contributed by atoms with Crippen LogP contribution in [-0.2, 0) is 23.1 Å². The quantitative estimate of drug-likeness (QED) is 0.886. The second-order valence-electron chi connectivity index (χ2n) is 4.75. The lowest BCUT2D eigenvalue weighted by Crippen LogP contribution is -2.12. The number of nitrogens with two attached hydrogens (primary N) is 1. The summed E-state index contributed by atoms with van der Waals surface area (Å²) in [5.41, 5.74) is 7.72. The highest BCUT2D eigenvalue weighted by Crippen LogP contribution is 2.26. The molecule has 114 valence electrons. The van der Waals surface area contributed by atoms with Crippen LogP contribution in [0.4, 0.5) is 5.69 Å². The summed E-state index contributed by atoms with van der Waals surface area (Å²) in [5, 5.41) is 0.368. The number of hydrogen-bond acceptors (Lipinski definition) is 3. The first-order chi connectivity index (χ1) is 9.87. The van der Waals surface area contributed by atoms with Gasteiger partial charge in [-0.2, -0.15) is 0 Å². The van der Waals surface area contributed by atoms with Gasteiger partial charge in [-0.3, -0.25) is 4.72 Å². The van der Waals surface area contributed by atoms with Crippen molar-refractivity contribution in [2.24, 2.45) is 5.73 Å². The summed E-state index contributed by atoms with van der Waals surface area (Å²) < 4.78 is 29.1. The van der Waals surface area contributed by atoms with E-state index in [-0.39, 0.29) is 11.4 Å². The third-order valence-corrected chi connectivity index (χ3v) is 4.84. The molecule has 21 heavy (non-hydrogen) atoms. The molecular formula is C14H18ClN3O2S. The monoisotopic (exact) mass is 327 g/mol. The molecule has 0 fully saturated rings. The summed E-state index contributed by atoms with van der Waals surface area (Å²) in [5.74, 6) is 0. The van der Waals surface area contributed by atoms with E-state index in [0.717, 1.165) is 11.3 Å². The van der Waals surface area contributed by atoms with Crippen molar-refractivity contribution in [3.63, 3.8) is 0 Å². The Labute approximate surface area is 129 Å². The number of halogens is 1. The molecule has 5 nitrogen and oxygen atoms in total. The first-order valence-corrected chi connectivity index (χ1v) is 8.41. The van der Waals surface area contributed by atoms with E-state index >= 15 is 0 Å². The number of aryl methyl sites for hydroxylation is 2. The first kappa shape index (κ1) is 15.9. The second kappa shape index (κ2) is 6.09. The van der Waals surface area contributed by atoms with Crippen molar-refractivity contribution in [2.75, 3.05) is 4.72 Å². The average Bonchev–Trinajstić information content (AvgIpc) is 2.86. The molecule has 0 aliphatic rings. The minimum absolute atomic E-state index is 0.182. The zero-order valence-corrected chi connectivity index (χ0v) is 13.5. The van der Waals surface area contributed by atoms with E-state index in [1.54, 1.807) is 30.5 Å². The molecule has 0 aliphatic heterocycles. The van der Waals surface area contributed by atoms with Crippen LogP contribution in [0.5, 0.6) is 0 Å². The average molecular weight is 328 g/mol. The molecular weight excluding hydrogens is 310 g/mol. The Morgan fingerprint density at radius 1 is 1.33 bits per heavy atom. The molecule has 0 spiro atoms. The molecule has 3 N–H and O–H groups in total. The number of hydrogen-bond donors (Lipinski definition) is 2. The molecule has 1 aromatic carbocycles. The van der Waals surface area contributed by atoms with Crippen molar-refractivity contribution in [2.45, 2.75) is 31.8 Å². The van der Waals surface area contributed by atoms with Crippen molar-refractivity contribution in [1.82, 2.24) is 4.57 Å². The van der Waals surface area contributed by atoms with Crippen LogP contribution in [0.2, 0.25) is 5.02 Å². The van der Waals surface area contributed by atoms with Crippen LogP contribution in [0.25, 0.3) is 0 Å².